The van der Waals surface area contributed by atoms with Crippen molar-refractivity contribution in [3.05, 3.63) is 46.5 Å². The van der Waals surface area contributed by atoms with Gasteiger partial charge in [-0.05, 0) is 36.2 Å². The summed E-state index contributed by atoms with van der Waals surface area (Å²) in [7, 11) is 1.73. The Kier molecular flexibility index (Phi) is 4.56. The molecule has 0 saturated heterocycles. The Balaban J connectivity index is 2.52. The van der Waals surface area contributed by atoms with E-state index in [1.54, 1.807) is 7.11 Å². The quantitative estimate of drug-likeness (QED) is 0.841. The van der Waals surface area contributed by atoms with Crippen molar-refractivity contribution in [1.82, 2.24) is 9.55 Å². The summed E-state index contributed by atoms with van der Waals surface area (Å²) in [4.78, 5) is 3.15. The summed E-state index contributed by atoms with van der Waals surface area (Å²) in [6, 6.07) is 8.35. The first-order chi connectivity index (χ1) is 9.15. The smallest absolute Gasteiger partial charge is 0.182 e. The van der Waals surface area contributed by atoms with Crippen molar-refractivity contribution in [2.75, 3.05) is 13.7 Å². The molecule has 0 aliphatic carbocycles. The summed E-state index contributed by atoms with van der Waals surface area (Å²) in [6.45, 7) is 5.06. The fraction of sp³-hybridized carbons (Fsp3) is 0.400. The number of para-hydroxylation sites is 1. The predicted molar refractivity (Wildman–Crippen MR) is 80.6 cm³/mol. The normalized spacial score (nSPS) is 11.2. The standard InChI is InChI=1S/C15H20N2OS/c1-11(2)14-10-16-15(19)17(14)13-7-5-4-6-12(13)8-9-18-3/h4-7,10-11H,8-9H2,1-3H3,(H,16,19). The van der Waals surface area contributed by atoms with Gasteiger partial charge in [0.05, 0.1) is 12.3 Å². The number of nitrogens with one attached hydrogen (secondary N) is 1. The van der Waals surface area contributed by atoms with E-state index in [2.05, 4.69) is 41.6 Å². The summed E-state index contributed by atoms with van der Waals surface area (Å²) in [5.41, 5.74) is 3.60. The van der Waals surface area contributed by atoms with Crippen LogP contribution in [0.15, 0.2) is 30.5 Å². The number of H-pyrrole nitrogens is 1. The number of ether oxygens (including phenoxy) is 1. The Morgan fingerprint density at radius 1 is 1.32 bits per heavy atom. The molecule has 2 aromatic rings. The van der Waals surface area contributed by atoms with Gasteiger partial charge in [-0.3, -0.25) is 4.57 Å². The molecule has 0 aliphatic rings. The monoisotopic (exact) mass is 276 g/mol. The maximum absolute atomic E-state index is 5.42. The van der Waals surface area contributed by atoms with E-state index in [1.165, 1.54) is 11.3 Å². The molecule has 0 spiro atoms. The molecular weight excluding hydrogens is 256 g/mol. The summed E-state index contributed by atoms with van der Waals surface area (Å²) in [5.74, 6) is 0.420. The number of hydrogen-bond acceptors (Lipinski definition) is 2. The van der Waals surface area contributed by atoms with E-state index < -0.39 is 0 Å². The number of methoxy groups -OCH3 is 1. The highest BCUT2D eigenvalue weighted by molar-refractivity contribution is 7.71. The summed E-state index contributed by atoms with van der Waals surface area (Å²) in [5, 5.41) is 0. The predicted octanol–water partition coefficient (Wildman–Crippen LogP) is 3.85. The van der Waals surface area contributed by atoms with Crippen LogP contribution in [-0.4, -0.2) is 23.3 Å². The van der Waals surface area contributed by atoms with Gasteiger partial charge in [-0.2, -0.15) is 0 Å². The second kappa shape index (κ2) is 6.17. The van der Waals surface area contributed by atoms with Crippen molar-refractivity contribution in [3.8, 4) is 5.69 Å². The van der Waals surface area contributed by atoms with Crippen molar-refractivity contribution < 1.29 is 4.74 Å². The van der Waals surface area contributed by atoms with Crippen molar-refractivity contribution in [2.45, 2.75) is 26.2 Å². The number of benzene rings is 1. The van der Waals surface area contributed by atoms with Crippen LogP contribution in [0.25, 0.3) is 5.69 Å². The molecule has 1 aromatic heterocycles. The highest BCUT2D eigenvalue weighted by Gasteiger charge is 2.12. The van der Waals surface area contributed by atoms with Crippen LogP contribution < -0.4 is 0 Å². The molecule has 19 heavy (non-hydrogen) atoms. The molecular formula is C15H20N2OS. The molecule has 3 nitrogen and oxygen atoms in total. The maximum Gasteiger partial charge on any atom is 0.182 e. The van der Waals surface area contributed by atoms with Crippen LogP contribution in [0.4, 0.5) is 0 Å². The SMILES string of the molecule is COCCc1ccccc1-n1c(C(C)C)c[nH]c1=S. The minimum absolute atomic E-state index is 0.420. The Hall–Kier alpha value is -1.39. The zero-order valence-electron chi connectivity index (χ0n) is 11.6. The Bertz CT molecular complexity index is 598. The number of rotatable bonds is 5. The highest BCUT2D eigenvalue weighted by atomic mass is 32.1. The summed E-state index contributed by atoms with van der Waals surface area (Å²) in [6.07, 6.45) is 2.89. The third-order valence-electron chi connectivity index (χ3n) is 3.20. The minimum atomic E-state index is 0.420. The molecule has 2 rings (SSSR count). The van der Waals surface area contributed by atoms with E-state index in [0.717, 1.165) is 16.9 Å². The highest BCUT2D eigenvalue weighted by Crippen LogP contribution is 2.23. The van der Waals surface area contributed by atoms with E-state index >= 15 is 0 Å². The zero-order chi connectivity index (χ0) is 13.8. The van der Waals surface area contributed by atoms with Gasteiger partial charge < -0.3 is 9.72 Å². The second-order valence-electron chi connectivity index (χ2n) is 4.88. The van der Waals surface area contributed by atoms with Crippen molar-refractivity contribution >= 4 is 12.2 Å². The number of nitrogens with zero attached hydrogens (tertiary/aromatic N) is 1. The average molecular weight is 276 g/mol. The lowest BCUT2D eigenvalue weighted by Gasteiger charge is -2.15. The van der Waals surface area contributed by atoms with Crippen LogP contribution in [0, 0.1) is 4.77 Å². The van der Waals surface area contributed by atoms with Gasteiger partial charge in [-0.15, -0.1) is 0 Å². The molecule has 0 bridgehead atoms. The molecule has 0 fully saturated rings. The van der Waals surface area contributed by atoms with E-state index in [9.17, 15) is 0 Å². The van der Waals surface area contributed by atoms with Crippen molar-refractivity contribution in [2.24, 2.45) is 0 Å². The first-order valence-corrected chi connectivity index (χ1v) is 6.93. The summed E-state index contributed by atoms with van der Waals surface area (Å²) >= 11 is 5.42. The molecule has 1 aromatic carbocycles. The molecule has 102 valence electrons. The molecule has 0 amide bonds. The molecule has 4 heteroatoms. The van der Waals surface area contributed by atoms with E-state index in [4.69, 9.17) is 17.0 Å². The molecule has 0 radical (unpaired) electrons. The maximum atomic E-state index is 5.42. The number of aromatic nitrogens is 2. The average Bonchev–Trinajstić information content (AvgIpc) is 2.78. The van der Waals surface area contributed by atoms with Crippen LogP contribution in [-0.2, 0) is 11.2 Å². The minimum Gasteiger partial charge on any atom is -0.384 e. The second-order valence-corrected chi connectivity index (χ2v) is 5.27. The Labute approximate surface area is 119 Å². The van der Waals surface area contributed by atoms with Crippen LogP contribution in [0.1, 0.15) is 31.0 Å². The van der Waals surface area contributed by atoms with Gasteiger partial charge in [0.15, 0.2) is 4.77 Å². The summed E-state index contributed by atoms with van der Waals surface area (Å²) < 4.78 is 8.06. The van der Waals surface area contributed by atoms with Crippen molar-refractivity contribution in [1.29, 1.82) is 0 Å². The lowest BCUT2D eigenvalue weighted by Crippen LogP contribution is -2.06. The van der Waals surface area contributed by atoms with Gasteiger partial charge in [0, 0.05) is 19.0 Å². The largest absolute Gasteiger partial charge is 0.384 e. The van der Waals surface area contributed by atoms with E-state index in [-0.39, 0.29) is 0 Å². The van der Waals surface area contributed by atoms with Crippen LogP contribution in [0.5, 0.6) is 0 Å². The Morgan fingerprint density at radius 2 is 2.05 bits per heavy atom. The molecule has 0 atom stereocenters. The third-order valence-corrected chi connectivity index (χ3v) is 3.50. The van der Waals surface area contributed by atoms with E-state index in [1.807, 2.05) is 12.3 Å². The Morgan fingerprint density at radius 3 is 2.74 bits per heavy atom. The lowest BCUT2D eigenvalue weighted by atomic mass is 10.1. The third kappa shape index (κ3) is 2.96. The van der Waals surface area contributed by atoms with Gasteiger partial charge in [0.1, 0.15) is 0 Å². The molecule has 0 aliphatic heterocycles. The fourth-order valence-electron chi connectivity index (χ4n) is 2.21. The molecule has 0 saturated carbocycles. The molecule has 0 unspecified atom stereocenters. The molecule has 1 N–H and O–H groups in total. The number of hydrogen-bond donors (Lipinski definition) is 1. The first kappa shape index (κ1) is 14.0. The van der Waals surface area contributed by atoms with Gasteiger partial charge in [0.2, 0.25) is 0 Å². The van der Waals surface area contributed by atoms with Crippen LogP contribution >= 0.6 is 12.2 Å². The molecule has 1 heterocycles. The number of imidazole rings is 1. The van der Waals surface area contributed by atoms with Crippen LogP contribution in [0.2, 0.25) is 0 Å². The van der Waals surface area contributed by atoms with Gasteiger partial charge in [-0.1, -0.05) is 32.0 Å². The lowest BCUT2D eigenvalue weighted by molar-refractivity contribution is 0.202. The van der Waals surface area contributed by atoms with Crippen molar-refractivity contribution in [3.63, 3.8) is 0 Å². The number of aromatic amines is 1. The fourth-order valence-corrected chi connectivity index (χ4v) is 2.47. The van der Waals surface area contributed by atoms with Gasteiger partial charge in [-0.25, -0.2) is 0 Å². The first-order valence-electron chi connectivity index (χ1n) is 6.52. The van der Waals surface area contributed by atoms with Crippen LogP contribution in [0.3, 0.4) is 0 Å². The zero-order valence-corrected chi connectivity index (χ0v) is 12.5. The topological polar surface area (TPSA) is 29.9 Å². The van der Waals surface area contributed by atoms with E-state index in [0.29, 0.717) is 12.5 Å². The van der Waals surface area contributed by atoms with Gasteiger partial charge >= 0.3 is 0 Å². The van der Waals surface area contributed by atoms with Gasteiger partial charge in [0.25, 0.3) is 0 Å².